The fourth-order valence-corrected chi connectivity index (χ4v) is 2.68. The first kappa shape index (κ1) is 15.3. The number of nitrogens with one attached hydrogen (secondary N) is 1. The zero-order chi connectivity index (χ0) is 15.9. The van der Waals surface area contributed by atoms with Crippen LogP contribution in [0.3, 0.4) is 0 Å². The summed E-state index contributed by atoms with van der Waals surface area (Å²) in [5.41, 5.74) is -0.0236. The van der Waals surface area contributed by atoms with Gasteiger partial charge >= 0.3 is 7.82 Å². The molecule has 0 saturated carbocycles. The number of aliphatic hydroxyl groups is 1. The van der Waals surface area contributed by atoms with E-state index in [0.29, 0.717) is 0 Å². The van der Waals surface area contributed by atoms with Gasteiger partial charge in [0.1, 0.15) is 12.3 Å². The van der Waals surface area contributed by atoms with E-state index < -0.39 is 32.0 Å². The monoisotopic (exact) mass is 332 g/mol. The summed E-state index contributed by atoms with van der Waals surface area (Å²) in [5, 5.41) is 9.88. The number of rotatable bonds is 4. The van der Waals surface area contributed by atoms with Crippen LogP contribution in [-0.4, -0.2) is 49.0 Å². The van der Waals surface area contributed by atoms with Crippen LogP contribution in [0, 0.1) is 0 Å². The fraction of sp³-hybridized carbons (Fsp3) is 0.500. The van der Waals surface area contributed by atoms with Gasteiger partial charge < -0.3 is 19.7 Å². The lowest BCUT2D eigenvalue weighted by Crippen LogP contribution is -2.23. The fourth-order valence-electron chi connectivity index (χ4n) is 2.14. The zero-order valence-electron chi connectivity index (χ0n) is 11.3. The first-order valence-corrected chi connectivity index (χ1v) is 7.71. The average molecular weight is 332 g/mol. The maximum atomic E-state index is 11.6. The average Bonchev–Trinajstić information content (AvgIpc) is 3.04. The summed E-state index contributed by atoms with van der Waals surface area (Å²) in [7, 11) is -3.30. The SMILES string of the molecule is COP(=O)(O)O[C@H]1OC(n2cnc3c(=O)[nH]cnc32)CC1O. The Kier molecular flexibility index (Phi) is 3.85. The van der Waals surface area contributed by atoms with Crippen LogP contribution in [0.25, 0.3) is 11.2 Å². The number of aliphatic hydroxyl groups excluding tert-OH is 1. The highest BCUT2D eigenvalue weighted by atomic mass is 31.2. The standard InChI is InChI=1S/C10H13N4O7P/c1-19-22(17,18)21-10-5(15)2-6(20-10)14-4-13-7-8(14)11-3-12-9(7)16/h3-6,10,15H,2H2,1H3,(H,17,18)(H,11,12,16)/t5?,6?,10-/m1/s1. The van der Waals surface area contributed by atoms with Crippen molar-refractivity contribution in [3.8, 4) is 0 Å². The molecule has 0 aliphatic carbocycles. The van der Waals surface area contributed by atoms with Crippen molar-refractivity contribution >= 4 is 19.0 Å². The maximum Gasteiger partial charge on any atom is 0.474 e. The summed E-state index contributed by atoms with van der Waals surface area (Å²) >= 11 is 0. The molecule has 3 N–H and O–H groups in total. The molecule has 3 unspecified atom stereocenters. The second kappa shape index (κ2) is 5.54. The normalized spacial score (nSPS) is 28.0. The molecule has 0 spiro atoms. The number of phosphoric acid groups is 1. The number of hydrogen-bond donors (Lipinski definition) is 3. The minimum Gasteiger partial charge on any atom is -0.388 e. The van der Waals surface area contributed by atoms with Crippen molar-refractivity contribution in [2.24, 2.45) is 0 Å². The van der Waals surface area contributed by atoms with E-state index in [0.717, 1.165) is 7.11 Å². The number of ether oxygens (including phenoxy) is 1. The van der Waals surface area contributed by atoms with E-state index in [-0.39, 0.29) is 17.6 Å². The number of aromatic nitrogens is 4. The lowest BCUT2D eigenvalue weighted by Gasteiger charge is -2.18. The van der Waals surface area contributed by atoms with Crippen LogP contribution in [0.15, 0.2) is 17.4 Å². The Morgan fingerprint density at radius 2 is 2.32 bits per heavy atom. The van der Waals surface area contributed by atoms with E-state index in [2.05, 4.69) is 19.5 Å². The van der Waals surface area contributed by atoms with Crippen molar-refractivity contribution in [2.75, 3.05) is 7.11 Å². The minimum absolute atomic E-state index is 0.0638. The quantitative estimate of drug-likeness (QED) is 0.629. The number of aromatic amines is 1. The van der Waals surface area contributed by atoms with Crippen LogP contribution in [-0.2, 0) is 18.3 Å². The smallest absolute Gasteiger partial charge is 0.388 e. The zero-order valence-corrected chi connectivity index (χ0v) is 12.2. The van der Waals surface area contributed by atoms with Crippen LogP contribution in [0.4, 0.5) is 0 Å². The van der Waals surface area contributed by atoms with Gasteiger partial charge in [-0.15, -0.1) is 0 Å². The Morgan fingerprint density at radius 3 is 3.05 bits per heavy atom. The third-order valence-electron chi connectivity index (χ3n) is 3.19. The van der Waals surface area contributed by atoms with Crippen molar-refractivity contribution in [3.05, 3.63) is 23.0 Å². The van der Waals surface area contributed by atoms with E-state index in [1.54, 1.807) is 0 Å². The van der Waals surface area contributed by atoms with Gasteiger partial charge in [0.05, 0.1) is 12.7 Å². The molecule has 0 radical (unpaired) electrons. The third-order valence-corrected chi connectivity index (χ3v) is 4.13. The summed E-state index contributed by atoms with van der Waals surface area (Å²) in [4.78, 5) is 31.2. The Bertz CT molecular complexity index is 789. The van der Waals surface area contributed by atoms with Gasteiger partial charge in [-0.25, -0.2) is 14.5 Å². The molecule has 4 atom stereocenters. The molecule has 120 valence electrons. The molecule has 12 heteroatoms. The highest BCUT2D eigenvalue weighted by molar-refractivity contribution is 7.47. The Labute approximate surface area is 123 Å². The molecule has 1 aliphatic heterocycles. The molecule has 2 aromatic heterocycles. The van der Waals surface area contributed by atoms with E-state index in [9.17, 15) is 19.4 Å². The maximum absolute atomic E-state index is 11.6. The highest BCUT2D eigenvalue weighted by Crippen LogP contribution is 2.46. The molecule has 11 nitrogen and oxygen atoms in total. The summed E-state index contributed by atoms with van der Waals surface area (Å²) in [6.45, 7) is 0. The topological polar surface area (TPSA) is 149 Å². The van der Waals surface area contributed by atoms with Gasteiger partial charge in [0.2, 0.25) is 0 Å². The van der Waals surface area contributed by atoms with Gasteiger partial charge in [-0.3, -0.25) is 18.4 Å². The van der Waals surface area contributed by atoms with Crippen LogP contribution < -0.4 is 5.56 Å². The predicted molar refractivity (Wildman–Crippen MR) is 70.6 cm³/mol. The van der Waals surface area contributed by atoms with Gasteiger partial charge in [-0.05, 0) is 0 Å². The van der Waals surface area contributed by atoms with Gasteiger partial charge in [0.15, 0.2) is 17.5 Å². The summed E-state index contributed by atoms with van der Waals surface area (Å²) in [5.74, 6) is 0. The minimum atomic E-state index is -4.30. The molecule has 1 aliphatic rings. The molecule has 1 fully saturated rings. The van der Waals surface area contributed by atoms with Crippen LogP contribution in [0.2, 0.25) is 0 Å². The number of nitrogens with zero attached hydrogens (tertiary/aromatic N) is 3. The van der Waals surface area contributed by atoms with Crippen molar-refractivity contribution in [1.82, 2.24) is 19.5 Å². The second-order valence-electron chi connectivity index (χ2n) is 4.57. The number of hydrogen-bond acceptors (Lipinski definition) is 8. The predicted octanol–water partition coefficient (Wildman–Crippen LogP) is -0.511. The second-order valence-corrected chi connectivity index (χ2v) is 6.09. The summed E-state index contributed by atoms with van der Waals surface area (Å²) in [6, 6.07) is 0. The van der Waals surface area contributed by atoms with E-state index in [1.165, 1.54) is 17.2 Å². The molecule has 0 bridgehead atoms. The first-order chi connectivity index (χ1) is 10.4. The first-order valence-electron chi connectivity index (χ1n) is 6.22. The van der Waals surface area contributed by atoms with Crippen molar-refractivity contribution in [2.45, 2.75) is 25.0 Å². The van der Waals surface area contributed by atoms with Crippen LogP contribution in [0.5, 0.6) is 0 Å². The van der Waals surface area contributed by atoms with Gasteiger partial charge in [0.25, 0.3) is 5.56 Å². The number of H-pyrrole nitrogens is 1. The lowest BCUT2D eigenvalue weighted by atomic mass is 10.3. The summed E-state index contributed by atoms with van der Waals surface area (Å²) < 4.78 is 27.2. The lowest BCUT2D eigenvalue weighted by molar-refractivity contribution is -0.134. The Balaban J connectivity index is 1.86. The highest BCUT2D eigenvalue weighted by Gasteiger charge is 2.41. The molecular formula is C10H13N4O7P. The Morgan fingerprint density at radius 1 is 1.55 bits per heavy atom. The van der Waals surface area contributed by atoms with Gasteiger partial charge in [0, 0.05) is 13.5 Å². The molecule has 3 rings (SSSR count). The molecule has 0 aromatic carbocycles. The van der Waals surface area contributed by atoms with Gasteiger partial charge in [-0.2, -0.15) is 0 Å². The van der Waals surface area contributed by atoms with Crippen LogP contribution in [0.1, 0.15) is 12.6 Å². The number of imidazole rings is 1. The van der Waals surface area contributed by atoms with E-state index >= 15 is 0 Å². The molecule has 2 aromatic rings. The number of fused-ring (bicyclic) bond motifs is 1. The van der Waals surface area contributed by atoms with E-state index in [1.807, 2.05) is 0 Å². The molecule has 22 heavy (non-hydrogen) atoms. The molecule has 3 heterocycles. The van der Waals surface area contributed by atoms with Crippen LogP contribution >= 0.6 is 7.82 Å². The summed E-state index contributed by atoms with van der Waals surface area (Å²) in [6.07, 6.45) is -0.637. The Hall–Kier alpha value is -1.62. The molecule has 0 amide bonds. The largest absolute Gasteiger partial charge is 0.474 e. The van der Waals surface area contributed by atoms with Crippen molar-refractivity contribution < 1.29 is 28.3 Å². The molecular weight excluding hydrogens is 319 g/mol. The van der Waals surface area contributed by atoms with E-state index in [4.69, 9.17) is 9.26 Å². The van der Waals surface area contributed by atoms with Gasteiger partial charge in [-0.1, -0.05) is 0 Å². The number of phosphoric ester groups is 1. The van der Waals surface area contributed by atoms with Crippen molar-refractivity contribution in [1.29, 1.82) is 0 Å². The van der Waals surface area contributed by atoms with Crippen molar-refractivity contribution in [3.63, 3.8) is 0 Å². The third kappa shape index (κ3) is 2.70. The molecule has 1 saturated heterocycles.